The fraction of sp³-hybridized carbons (Fsp3) is 0.438. The van der Waals surface area contributed by atoms with Crippen molar-refractivity contribution in [2.45, 2.75) is 26.3 Å². The summed E-state index contributed by atoms with van der Waals surface area (Å²) >= 11 is 1.64. The van der Waals surface area contributed by atoms with E-state index in [0.29, 0.717) is 0 Å². The summed E-state index contributed by atoms with van der Waals surface area (Å²) in [6, 6.07) is 8.56. The third kappa shape index (κ3) is 3.38. The lowest BCUT2D eigenvalue weighted by Gasteiger charge is -2.31. The van der Waals surface area contributed by atoms with Crippen LogP contribution in [0, 0.1) is 5.92 Å². The molecular weight excluding hydrogens is 266 g/mol. The number of benzene rings is 1. The van der Waals surface area contributed by atoms with Gasteiger partial charge in [-0.15, -0.1) is 11.3 Å². The third-order valence-electron chi connectivity index (χ3n) is 3.83. The molecule has 1 fully saturated rings. The summed E-state index contributed by atoms with van der Waals surface area (Å²) in [4.78, 5) is 6.87. The molecule has 3 nitrogen and oxygen atoms in total. The number of rotatable bonds is 4. The maximum absolute atomic E-state index is 4.31. The predicted octanol–water partition coefficient (Wildman–Crippen LogP) is 4.12. The number of nitrogens with one attached hydrogen (secondary N) is 1. The molecule has 2 aromatic rings. The van der Waals surface area contributed by atoms with Crippen molar-refractivity contribution >= 4 is 22.2 Å². The number of aromatic nitrogens is 1. The number of anilines is 2. The minimum absolute atomic E-state index is 0.822. The molecule has 1 N–H and O–H groups in total. The molecule has 0 bridgehead atoms. The van der Waals surface area contributed by atoms with E-state index in [1.807, 2.05) is 11.6 Å². The molecule has 0 amide bonds. The van der Waals surface area contributed by atoms with Gasteiger partial charge in [0.05, 0.1) is 0 Å². The van der Waals surface area contributed by atoms with Gasteiger partial charge in [0.1, 0.15) is 0 Å². The number of likely N-dealkylation sites (tertiary alicyclic amines) is 1. The molecule has 1 unspecified atom stereocenters. The smallest absolute Gasteiger partial charge is 0.187 e. The highest BCUT2D eigenvalue weighted by Crippen LogP contribution is 2.25. The average Bonchev–Trinajstić information content (AvgIpc) is 2.94. The molecule has 0 spiro atoms. The summed E-state index contributed by atoms with van der Waals surface area (Å²) in [7, 11) is 0. The lowest BCUT2D eigenvalue weighted by Crippen LogP contribution is -2.33. The minimum atomic E-state index is 0.822. The van der Waals surface area contributed by atoms with E-state index in [9.17, 15) is 0 Å². The Balaban J connectivity index is 1.72. The number of para-hydroxylation sites is 1. The first-order chi connectivity index (χ1) is 9.81. The zero-order valence-electron chi connectivity index (χ0n) is 11.9. The van der Waals surface area contributed by atoms with Crippen LogP contribution >= 0.6 is 11.3 Å². The van der Waals surface area contributed by atoms with Crippen LogP contribution in [0.3, 0.4) is 0 Å². The van der Waals surface area contributed by atoms with E-state index in [4.69, 9.17) is 0 Å². The Labute approximate surface area is 124 Å². The quantitative estimate of drug-likeness (QED) is 0.917. The van der Waals surface area contributed by atoms with Crippen LogP contribution in [0.25, 0.3) is 0 Å². The molecule has 1 aliphatic heterocycles. The van der Waals surface area contributed by atoms with E-state index in [1.54, 1.807) is 11.3 Å². The molecule has 0 radical (unpaired) electrons. The highest BCUT2D eigenvalue weighted by Gasteiger charge is 2.17. The van der Waals surface area contributed by atoms with Crippen LogP contribution in [0.1, 0.15) is 25.3 Å². The molecule has 1 aromatic carbocycles. The molecule has 20 heavy (non-hydrogen) atoms. The fourth-order valence-corrected chi connectivity index (χ4v) is 3.39. The van der Waals surface area contributed by atoms with Crippen LogP contribution < -0.4 is 5.32 Å². The van der Waals surface area contributed by atoms with Crippen molar-refractivity contribution in [3.8, 4) is 0 Å². The van der Waals surface area contributed by atoms with Gasteiger partial charge in [0.2, 0.25) is 0 Å². The summed E-state index contributed by atoms with van der Waals surface area (Å²) in [6.07, 6.45) is 4.53. The van der Waals surface area contributed by atoms with Gasteiger partial charge in [-0.25, -0.2) is 4.98 Å². The zero-order valence-corrected chi connectivity index (χ0v) is 12.7. The minimum Gasteiger partial charge on any atom is -0.331 e. The molecule has 2 heterocycles. The van der Waals surface area contributed by atoms with E-state index >= 15 is 0 Å². The maximum Gasteiger partial charge on any atom is 0.187 e. The molecular formula is C16H21N3S. The van der Waals surface area contributed by atoms with E-state index in [0.717, 1.165) is 17.6 Å². The maximum atomic E-state index is 4.31. The SMILES string of the molecule is CC1CCCN(Cc2ccccc2Nc2nccs2)C1. The molecule has 0 aliphatic carbocycles. The fourth-order valence-electron chi connectivity index (χ4n) is 2.85. The molecule has 0 saturated carbocycles. The normalized spacial score (nSPS) is 19.9. The zero-order chi connectivity index (χ0) is 13.8. The van der Waals surface area contributed by atoms with Crippen molar-refractivity contribution < 1.29 is 0 Å². The number of hydrogen-bond acceptors (Lipinski definition) is 4. The summed E-state index contributed by atoms with van der Waals surface area (Å²) in [5, 5.41) is 6.39. The highest BCUT2D eigenvalue weighted by atomic mass is 32.1. The van der Waals surface area contributed by atoms with E-state index in [-0.39, 0.29) is 0 Å². The lowest BCUT2D eigenvalue weighted by molar-refractivity contribution is 0.177. The topological polar surface area (TPSA) is 28.2 Å². The van der Waals surface area contributed by atoms with Gasteiger partial charge in [-0.1, -0.05) is 25.1 Å². The van der Waals surface area contributed by atoms with Crippen LogP contribution in [-0.4, -0.2) is 23.0 Å². The van der Waals surface area contributed by atoms with Gasteiger partial charge < -0.3 is 5.32 Å². The van der Waals surface area contributed by atoms with Crippen LogP contribution in [0.5, 0.6) is 0 Å². The lowest BCUT2D eigenvalue weighted by atomic mass is 9.99. The van der Waals surface area contributed by atoms with Gasteiger partial charge in [-0.05, 0) is 36.9 Å². The average molecular weight is 287 g/mol. The summed E-state index contributed by atoms with van der Waals surface area (Å²) in [5.41, 5.74) is 2.54. The van der Waals surface area contributed by atoms with Gasteiger partial charge in [-0.2, -0.15) is 0 Å². The van der Waals surface area contributed by atoms with E-state index in [1.165, 1.54) is 37.2 Å². The first-order valence-corrected chi connectivity index (χ1v) is 8.16. The van der Waals surface area contributed by atoms with Crippen LogP contribution in [0.4, 0.5) is 10.8 Å². The summed E-state index contributed by atoms with van der Waals surface area (Å²) in [5.74, 6) is 0.822. The predicted molar refractivity (Wildman–Crippen MR) is 85.5 cm³/mol. The molecule has 1 aliphatic rings. The Hall–Kier alpha value is -1.39. The van der Waals surface area contributed by atoms with E-state index in [2.05, 4.69) is 46.4 Å². The molecule has 4 heteroatoms. The third-order valence-corrected chi connectivity index (χ3v) is 4.51. The van der Waals surface area contributed by atoms with Gasteiger partial charge in [0.15, 0.2) is 5.13 Å². The van der Waals surface area contributed by atoms with Crippen LogP contribution in [0.15, 0.2) is 35.8 Å². The first kappa shape index (κ1) is 13.6. The number of thiazole rings is 1. The molecule has 3 rings (SSSR count). The van der Waals surface area contributed by atoms with Crippen LogP contribution in [-0.2, 0) is 6.54 Å². The van der Waals surface area contributed by atoms with Gasteiger partial charge in [-0.3, -0.25) is 4.90 Å². The number of nitrogens with zero attached hydrogens (tertiary/aromatic N) is 2. The van der Waals surface area contributed by atoms with Gasteiger partial charge in [0.25, 0.3) is 0 Å². The molecule has 1 aromatic heterocycles. The van der Waals surface area contributed by atoms with Crippen molar-refractivity contribution in [1.29, 1.82) is 0 Å². The molecule has 1 saturated heterocycles. The number of hydrogen-bond donors (Lipinski definition) is 1. The van der Waals surface area contributed by atoms with Crippen molar-refractivity contribution in [1.82, 2.24) is 9.88 Å². The molecule has 1 atom stereocenters. The Bertz CT molecular complexity index is 538. The van der Waals surface area contributed by atoms with Crippen molar-refractivity contribution in [2.75, 3.05) is 18.4 Å². The Morgan fingerprint density at radius 3 is 3.10 bits per heavy atom. The second kappa shape index (κ2) is 6.37. The summed E-state index contributed by atoms with van der Waals surface area (Å²) < 4.78 is 0. The standard InChI is InChI=1S/C16H21N3S/c1-13-5-4-9-19(11-13)12-14-6-2-3-7-15(14)18-16-17-8-10-20-16/h2-3,6-8,10,13H,4-5,9,11-12H2,1H3,(H,17,18). The van der Waals surface area contributed by atoms with Crippen LogP contribution in [0.2, 0.25) is 0 Å². The second-order valence-corrected chi connectivity index (χ2v) is 6.50. The number of piperidine rings is 1. The Morgan fingerprint density at radius 1 is 1.40 bits per heavy atom. The van der Waals surface area contributed by atoms with Gasteiger partial charge >= 0.3 is 0 Å². The van der Waals surface area contributed by atoms with Crippen molar-refractivity contribution in [3.63, 3.8) is 0 Å². The van der Waals surface area contributed by atoms with Crippen molar-refractivity contribution in [3.05, 3.63) is 41.4 Å². The molecule has 106 valence electrons. The highest BCUT2D eigenvalue weighted by molar-refractivity contribution is 7.13. The van der Waals surface area contributed by atoms with E-state index < -0.39 is 0 Å². The summed E-state index contributed by atoms with van der Waals surface area (Å²) in [6.45, 7) is 5.81. The van der Waals surface area contributed by atoms with Crippen molar-refractivity contribution in [2.24, 2.45) is 5.92 Å². The second-order valence-electron chi connectivity index (χ2n) is 5.60. The monoisotopic (exact) mass is 287 g/mol. The Morgan fingerprint density at radius 2 is 2.30 bits per heavy atom. The largest absolute Gasteiger partial charge is 0.331 e. The first-order valence-electron chi connectivity index (χ1n) is 7.28. The Kier molecular flexibility index (Phi) is 4.33. The van der Waals surface area contributed by atoms with Gasteiger partial charge in [0, 0.05) is 30.4 Å².